The normalized spacial score (nSPS) is 26.1. The third-order valence-electron chi connectivity index (χ3n) is 3.88. The number of rotatable bonds is 3. The van der Waals surface area contributed by atoms with Gasteiger partial charge in [0.1, 0.15) is 4.21 Å². The molecule has 1 aromatic heterocycles. The molecule has 0 bridgehead atoms. The van der Waals surface area contributed by atoms with E-state index in [1.807, 2.05) is 0 Å². The zero-order valence-electron chi connectivity index (χ0n) is 11.2. The first-order valence-electron chi connectivity index (χ1n) is 6.73. The van der Waals surface area contributed by atoms with Crippen LogP contribution in [0.2, 0.25) is 0 Å². The summed E-state index contributed by atoms with van der Waals surface area (Å²) in [4.78, 5) is 2.34. The first-order chi connectivity index (χ1) is 9.57. The summed E-state index contributed by atoms with van der Waals surface area (Å²) in [5.74, 6) is 0. The Balaban J connectivity index is 1.70. The van der Waals surface area contributed by atoms with Crippen LogP contribution in [0.15, 0.2) is 15.7 Å². The van der Waals surface area contributed by atoms with Crippen molar-refractivity contribution in [1.82, 2.24) is 9.21 Å². The highest BCUT2D eigenvalue weighted by atomic mass is 32.2. The average Bonchev–Trinajstić information content (AvgIpc) is 3.09. The molecule has 2 saturated heterocycles. The highest BCUT2D eigenvalue weighted by Gasteiger charge is 2.36. The third-order valence-corrected chi connectivity index (χ3v) is 7.18. The van der Waals surface area contributed by atoms with Crippen LogP contribution in [-0.4, -0.2) is 63.1 Å². The van der Waals surface area contributed by atoms with Crippen molar-refractivity contribution in [3.8, 4) is 0 Å². The van der Waals surface area contributed by atoms with Gasteiger partial charge in [-0.05, 0) is 12.5 Å². The van der Waals surface area contributed by atoms with Gasteiger partial charge < -0.3 is 10.5 Å². The van der Waals surface area contributed by atoms with Crippen LogP contribution < -0.4 is 5.73 Å². The third kappa shape index (κ3) is 2.71. The molecular formula is C12H19N3O3S2. The van der Waals surface area contributed by atoms with Gasteiger partial charge in [-0.3, -0.25) is 4.90 Å². The molecule has 3 rings (SSSR count). The lowest BCUT2D eigenvalue weighted by Crippen LogP contribution is -2.45. The first kappa shape index (κ1) is 14.3. The fraction of sp³-hybridized carbons (Fsp3) is 0.667. The molecule has 20 heavy (non-hydrogen) atoms. The number of hydrogen-bond donors (Lipinski definition) is 1. The smallest absolute Gasteiger partial charge is 0.252 e. The van der Waals surface area contributed by atoms with Gasteiger partial charge in [-0.15, -0.1) is 11.3 Å². The molecule has 1 aromatic rings. The van der Waals surface area contributed by atoms with E-state index in [4.69, 9.17) is 10.5 Å². The molecule has 8 heteroatoms. The fourth-order valence-electron chi connectivity index (χ4n) is 2.76. The Kier molecular flexibility index (Phi) is 4.00. The highest BCUT2D eigenvalue weighted by Crippen LogP contribution is 2.28. The molecule has 0 aromatic carbocycles. The number of hydrogen-bond acceptors (Lipinski definition) is 6. The summed E-state index contributed by atoms with van der Waals surface area (Å²) in [6, 6.07) is 1.85. The van der Waals surface area contributed by atoms with Crippen LogP contribution in [0.25, 0.3) is 0 Å². The lowest BCUT2D eigenvalue weighted by Gasteiger charge is -2.31. The van der Waals surface area contributed by atoms with Gasteiger partial charge in [0.2, 0.25) is 0 Å². The van der Waals surface area contributed by atoms with Gasteiger partial charge in [-0.2, -0.15) is 4.31 Å². The SMILES string of the molecule is Nc1csc(S(=O)(=O)N2CCC(N3CCOCC3)C2)c1. The van der Waals surface area contributed by atoms with Gasteiger partial charge in [0, 0.05) is 43.3 Å². The van der Waals surface area contributed by atoms with Gasteiger partial charge >= 0.3 is 0 Å². The van der Waals surface area contributed by atoms with E-state index in [1.165, 1.54) is 11.3 Å². The van der Waals surface area contributed by atoms with Crippen LogP contribution in [0, 0.1) is 0 Å². The molecule has 6 nitrogen and oxygen atoms in total. The Morgan fingerprint density at radius 1 is 1.30 bits per heavy atom. The van der Waals surface area contributed by atoms with Crippen molar-refractivity contribution in [3.05, 3.63) is 11.4 Å². The zero-order chi connectivity index (χ0) is 14.2. The Labute approximate surface area is 123 Å². The van der Waals surface area contributed by atoms with Gasteiger partial charge in [-0.25, -0.2) is 8.42 Å². The molecular weight excluding hydrogens is 298 g/mol. The van der Waals surface area contributed by atoms with Crippen LogP contribution in [0.5, 0.6) is 0 Å². The first-order valence-corrected chi connectivity index (χ1v) is 9.05. The number of morpholine rings is 1. The van der Waals surface area contributed by atoms with Gasteiger partial charge in [-0.1, -0.05) is 0 Å². The maximum atomic E-state index is 12.5. The molecule has 2 N–H and O–H groups in total. The van der Waals surface area contributed by atoms with Crippen molar-refractivity contribution < 1.29 is 13.2 Å². The molecule has 112 valence electrons. The van der Waals surface area contributed by atoms with Crippen molar-refractivity contribution in [3.63, 3.8) is 0 Å². The Morgan fingerprint density at radius 3 is 2.70 bits per heavy atom. The number of thiophene rings is 1. The second-order valence-corrected chi connectivity index (χ2v) is 8.23. The second-order valence-electron chi connectivity index (χ2n) is 5.15. The Hall–Kier alpha value is -0.670. The predicted octanol–water partition coefficient (Wildman–Crippen LogP) is 0.426. The molecule has 1 atom stereocenters. The molecule has 0 radical (unpaired) electrons. The van der Waals surface area contributed by atoms with Crippen LogP contribution >= 0.6 is 11.3 Å². The second kappa shape index (κ2) is 5.61. The maximum absolute atomic E-state index is 12.5. The van der Waals surface area contributed by atoms with Crippen molar-refractivity contribution in [2.45, 2.75) is 16.7 Å². The lowest BCUT2D eigenvalue weighted by molar-refractivity contribution is 0.0197. The number of ether oxygens (including phenoxy) is 1. The summed E-state index contributed by atoms with van der Waals surface area (Å²) in [5.41, 5.74) is 6.14. The number of anilines is 1. The van der Waals surface area contributed by atoms with Crippen LogP contribution in [0.1, 0.15) is 6.42 Å². The minimum absolute atomic E-state index is 0.311. The summed E-state index contributed by atoms with van der Waals surface area (Å²) in [5, 5.41) is 1.67. The van der Waals surface area contributed by atoms with E-state index in [-0.39, 0.29) is 0 Å². The van der Waals surface area contributed by atoms with E-state index in [0.717, 1.165) is 32.7 Å². The minimum atomic E-state index is -3.38. The quantitative estimate of drug-likeness (QED) is 0.875. The Bertz CT molecular complexity index is 566. The molecule has 0 spiro atoms. The van der Waals surface area contributed by atoms with E-state index in [2.05, 4.69) is 4.90 Å². The van der Waals surface area contributed by atoms with E-state index >= 15 is 0 Å². The van der Waals surface area contributed by atoms with Crippen molar-refractivity contribution >= 4 is 27.0 Å². The predicted molar refractivity (Wildman–Crippen MR) is 78.3 cm³/mol. The summed E-state index contributed by atoms with van der Waals surface area (Å²) < 4.78 is 32.3. The number of sulfonamides is 1. The van der Waals surface area contributed by atoms with Crippen molar-refractivity contribution in [1.29, 1.82) is 0 Å². The summed E-state index contributed by atoms with van der Waals surface area (Å²) in [6.45, 7) is 4.42. The van der Waals surface area contributed by atoms with Crippen LogP contribution in [-0.2, 0) is 14.8 Å². The van der Waals surface area contributed by atoms with E-state index in [1.54, 1.807) is 15.8 Å². The molecule has 3 heterocycles. The zero-order valence-corrected chi connectivity index (χ0v) is 12.8. The number of nitrogens with zero attached hydrogens (tertiary/aromatic N) is 2. The number of nitrogens with two attached hydrogens (primary N) is 1. The van der Waals surface area contributed by atoms with Gasteiger partial charge in [0.15, 0.2) is 0 Å². The molecule has 0 amide bonds. The van der Waals surface area contributed by atoms with E-state index in [9.17, 15) is 8.42 Å². The molecule has 2 aliphatic heterocycles. The van der Waals surface area contributed by atoms with E-state index in [0.29, 0.717) is 29.0 Å². The molecule has 2 fully saturated rings. The highest BCUT2D eigenvalue weighted by molar-refractivity contribution is 7.91. The minimum Gasteiger partial charge on any atom is -0.398 e. The maximum Gasteiger partial charge on any atom is 0.252 e. The number of nitrogen functional groups attached to an aromatic ring is 1. The standard InChI is InChI=1S/C12H19N3O3S2/c13-10-7-12(19-9-10)20(16,17)15-2-1-11(8-15)14-3-5-18-6-4-14/h7,9,11H,1-6,8,13H2. The van der Waals surface area contributed by atoms with E-state index < -0.39 is 10.0 Å². The fourth-order valence-corrected chi connectivity index (χ4v) is 5.49. The monoisotopic (exact) mass is 317 g/mol. The molecule has 2 aliphatic rings. The summed E-state index contributed by atoms with van der Waals surface area (Å²) >= 11 is 1.19. The van der Waals surface area contributed by atoms with Crippen molar-refractivity contribution in [2.75, 3.05) is 45.1 Å². The van der Waals surface area contributed by atoms with Crippen LogP contribution in [0.3, 0.4) is 0 Å². The average molecular weight is 317 g/mol. The van der Waals surface area contributed by atoms with Crippen molar-refractivity contribution in [2.24, 2.45) is 0 Å². The topological polar surface area (TPSA) is 75.9 Å². The molecule has 1 unspecified atom stereocenters. The summed E-state index contributed by atoms with van der Waals surface area (Å²) in [7, 11) is -3.38. The molecule has 0 aliphatic carbocycles. The Morgan fingerprint density at radius 2 is 2.05 bits per heavy atom. The molecule has 0 saturated carbocycles. The summed E-state index contributed by atoms with van der Waals surface area (Å²) in [6.07, 6.45) is 0.889. The van der Waals surface area contributed by atoms with Gasteiger partial charge in [0.05, 0.1) is 13.2 Å². The lowest BCUT2D eigenvalue weighted by atomic mass is 10.2. The largest absolute Gasteiger partial charge is 0.398 e. The van der Waals surface area contributed by atoms with Crippen LogP contribution in [0.4, 0.5) is 5.69 Å². The van der Waals surface area contributed by atoms with Gasteiger partial charge in [0.25, 0.3) is 10.0 Å².